The number of halogens is 2. The zero-order chi connectivity index (χ0) is 18.0. The van der Waals surface area contributed by atoms with E-state index in [4.69, 9.17) is 9.47 Å². The van der Waals surface area contributed by atoms with Gasteiger partial charge in [-0.2, -0.15) is 0 Å². The second kappa shape index (κ2) is 5.15. The standard InChI is InChI=1S/C20H19F2NO3/c21-20(22)18(6-7-18)19(20)11-13(12-19)17(24)26-10-9-25-16-5-8-23-15-4-2-1-3-14(15)16/h1-5,8,13H,6-7,9-12H2. The van der Waals surface area contributed by atoms with Gasteiger partial charge in [-0.25, -0.2) is 8.78 Å². The van der Waals surface area contributed by atoms with Gasteiger partial charge in [-0.1, -0.05) is 12.1 Å². The van der Waals surface area contributed by atoms with Crippen molar-refractivity contribution in [2.24, 2.45) is 16.7 Å². The first-order valence-corrected chi connectivity index (χ1v) is 9.02. The molecule has 3 fully saturated rings. The second-order valence-corrected chi connectivity index (χ2v) is 7.69. The molecular formula is C20H19F2NO3. The lowest BCUT2D eigenvalue weighted by Crippen LogP contribution is -2.37. The summed E-state index contributed by atoms with van der Waals surface area (Å²) >= 11 is 0. The van der Waals surface area contributed by atoms with E-state index < -0.39 is 16.8 Å². The summed E-state index contributed by atoms with van der Waals surface area (Å²) in [6.45, 7) is 0.332. The number of esters is 1. The number of fused-ring (bicyclic) bond motifs is 2. The first kappa shape index (κ1) is 16.0. The molecule has 0 N–H and O–H groups in total. The van der Waals surface area contributed by atoms with Crippen molar-refractivity contribution in [2.75, 3.05) is 13.2 Å². The molecule has 2 spiro atoms. The normalized spacial score (nSPS) is 29.4. The van der Waals surface area contributed by atoms with Crippen LogP contribution < -0.4 is 4.74 Å². The number of hydrogen-bond acceptors (Lipinski definition) is 4. The Hall–Kier alpha value is -2.24. The zero-order valence-electron chi connectivity index (χ0n) is 14.2. The van der Waals surface area contributed by atoms with E-state index in [-0.39, 0.29) is 37.9 Å². The lowest BCUT2D eigenvalue weighted by atomic mass is 9.69. The van der Waals surface area contributed by atoms with E-state index >= 15 is 0 Å². The highest BCUT2D eigenvalue weighted by molar-refractivity contribution is 5.84. The molecule has 1 heterocycles. The van der Waals surface area contributed by atoms with Gasteiger partial charge >= 0.3 is 5.97 Å². The van der Waals surface area contributed by atoms with Crippen LogP contribution in [0.5, 0.6) is 5.75 Å². The van der Waals surface area contributed by atoms with E-state index in [1.54, 1.807) is 12.3 Å². The summed E-state index contributed by atoms with van der Waals surface area (Å²) in [6, 6.07) is 9.39. The van der Waals surface area contributed by atoms with Crippen molar-refractivity contribution in [3.05, 3.63) is 36.5 Å². The quantitative estimate of drug-likeness (QED) is 0.598. The molecule has 6 heteroatoms. The maximum atomic E-state index is 14.0. The highest BCUT2D eigenvalue weighted by Crippen LogP contribution is 2.93. The van der Waals surface area contributed by atoms with Crippen LogP contribution in [-0.4, -0.2) is 30.1 Å². The average Bonchev–Trinajstić information content (AvgIpc) is 3.47. The summed E-state index contributed by atoms with van der Waals surface area (Å²) in [5, 5.41) is 0.896. The molecule has 0 unspecified atom stereocenters. The number of benzene rings is 1. The smallest absolute Gasteiger partial charge is 0.309 e. The molecule has 0 aliphatic heterocycles. The van der Waals surface area contributed by atoms with Crippen molar-refractivity contribution in [1.29, 1.82) is 0 Å². The van der Waals surface area contributed by atoms with Crippen LogP contribution in [0.4, 0.5) is 8.78 Å². The van der Waals surface area contributed by atoms with Crippen LogP contribution >= 0.6 is 0 Å². The Labute approximate surface area is 149 Å². The van der Waals surface area contributed by atoms with Crippen LogP contribution in [0.15, 0.2) is 36.5 Å². The molecule has 1 aromatic heterocycles. The number of carbonyl (C=O) groups excluding carboxylic acids is 1. The van der Waals surface area contributed by atoms with Crippen molar-refractivity contribution < 1.29 is 23.0 Å². The summed E-state index contributed by atoms with van der Waals surface area (Å²) in [5.41, 5.74) is -0.820. The van der Waals surface area contributed by atoms with Crippen LogP contribution in [0, 0.1) is 16.7 Å². The molecule has 136 valence electrons. The number of hydrogen-bond donors (Lipinski definition) is 0. The summed E-state index contributed by atoms with van der Waals surface area (Å²) in [6.07, 6.45) is 3.43. The Morgan fingerprint density at radius 2 is 1.88 bits per heavy atom. The van der Waals surface area contributed by atoms with Gasteiger partial charge in [0.15, 0.2) is 0 Å². The first-order chi connectivity index (χ1) is 12.5. The van der Waals surface area contributed by atoms with Crippen molar-refractivity contribution >= 4 is 16.9 Å². The van der Waals surface area contributed by atoms with Gasteiger partial charge in [-0.05, 0) is 43.9 Å². The van der Waals surface area contributed by atoms with E-state index in [1.165, 1.54) is 0 Å². The summed E-state index contributed by atoms with van der Waals surface area (Å²) in [4.78, 5) is 16.3. The number of alkyl halides is 2. The molecule has 0 atom stereocenters. The average molecular weight is 359 g/mol. The zero-order valence-corrected chi connectivity index (χ0v) is 14.2. The van der Waals surface area contributed by atoms with Gasteiger partial charge < -0.3 is 9.47 Å². The number of para-hydroxylation sites is 1. The summed E-state index contributed by atoms with van der Waals surface area (Å²) in [5.74, 6) is -2.65. The topological polar surface area (TPSA) is 48.4 Å². The SMILES string of the molecule is O=C(OCCOc1ccnc2ccccc12)C1CC2(C1)C(F)(F)C21CC1. The van der Waals surface area contributed by atoms with Gasteiger partial charge in [0.1, 0.15) is 19.0 Å². The Kier molecular flexibility index (Phi) is 3.16. The fourth-order valence-electron chi connectivity index (χ4n) is 4.86. The summed E-state index contributed by atoms with van der Waals surface area (Å²) in [7, 11) is 0. The molecule has 0 radical (unpaired) electrons. The van der Waals surface area contributed by atoms with Gasteiger partial charge in [0.05, 0.1) is 11.4 Å². The summed E-state index contributed by atoms with van der Waals surface area (Å²) < 4.78 is 38.8. The lowest BCUT2D eigenvalue weighted by molar-refractivity contribution is -0.157. The number of ether oxygens (including phenoxy) is 2. The van der Waals surface area contributed by atoms with Gasteiger partial charge in [-0.3, -0.25) is 9.78 Å². The van der Waals surface area contributed by atoms with Crippen LogP contribution in [0.1, 0.15) is 25.7 Å². The van der Waals surface area contributed by atoms with Crippen LogP contribution in [0.25, 0.3) is 10.9 Å². The lowest BCUT2D eigenvalue weighted by Gasteiger charge is -2.34. The number of rotatable bonds is 5. The van der Waals surface area contributed by atoms with Crippen molar-refractivity contribution in [3.8, 4) is 5.75 Å². The molecule has 3 aliphatic rings. The van der Waals surface area contributed by atoms with Crippen LogP contribution in [-0.2, 0) is 9.53 Å². The largest absolute Gasteiger partial charge is 0.489 e. The molecule has 26 heavy (non-hydrogen) atoms. The predicted octanol–water partition coefficient (Wildman–Crippen LogP) is 3.98. The van der Waals surface area contributed by atoms with Gasteiger partial charge in [0.25, 0.3) is 5.92 Å². The van der Waals surface area contributed by atoms with Gasteiger partial charge in [-0.15, -0.1) is 0 Å². The maximum Gasteiger partial charge on any atom is 0.309 e. The number of aromatic nitrogens is 1. The third-order valence-electron chi connectivity index (χ3n) is 6.52. The molecule has 1 aromatic carbocycles. The minimum absolute atomic E-state index is 0.112. The molecule has 2 aromatic rings. The Bertz CT molecular complexity index is 876. The Morgan fingerprint density at radius 3 is 2.62 bits per heavy atom. The minimum atomic E-state index is -2.57. The van der Waals surface area contributed by atoms with E-state index in [1.807, 2.05) is 24.3 Å². The maximum absolute atomic E-state index is 14.0. The van der Waals surface area contributed by atoms with Gasteiger partial charge in [0, 0.05) is 22.4 Å². The number of carbonyl (C=O) groups is 1. The molecular weight excluding hydrogens is 340 g/mol. The van der Waals surface area contributed by atoms with E-state index in [0.717, 1.165) is 10.9 Å². The third kappa shape index (κ3) is 1.93. The molecule has 0 amide bonds. The molecule has 5 rings (SSSR count). The molecule has 0 saturated heterocycles. The Morgan fingerprint density at radius 1 is 1.12 bits per heavy atom. The fourth-order valence-corrected chi connectivity index (χ4v) is 4.86. The highest BCUT2D eigenvalue weighted by Gasteiger charge is 2.97. The van der Waals surface area contributed by atoms with Crippen LogP contribution in [0.3, 0.4) is 0 Å². The Balaban J connectivity index is 1.11. The minimum Gasteiger partial charge on any atom is -0.489 e. The molecule has 3 aliphatic carbocycles. The van der Waals surface area contributed by atoms with E-state index in [2.05, 4.69) is 4.98 Å². The van der Waals surface area contributed by atoms with Crippen LogP contribution in [0.2, 0.25) is 0 Å². The molecule has 3 saturated carbocycles. The molecule has 0 bridgehead atoms. The first-order valence-electron chi connectivity index (χ1n) is 9.02. The third-order valence-corrected chi connectivity index (χ3v) is 6.52. The van der Waals surface area contributed by atoms with E-state index in [0.29, 0.717) is 18.6 Å². The van der Waals surface area contributed by atoms with Crippen molar-refractivity contribution in [2.45, 2.75) is 31.6 Å². The second-order valence-electron chi connectivity index (χ2n) is 7.69. The monoisotopic (exact) mass is 359 g/mol. The highest BCUT2D eigenvalue weighted by atomic mass is 19.3. The van der Waals surface area contributed by atoms with E-state index in [9.17, 15) is 13.6 Å². The fraction of sp³-hybridized carbons (Fsp3) is 0.500. The number of nitrogens with zero attached hydrogens (tertiary/aromatic N) is 1. The molecule has 4 nitrogen and oxygen atoms in total. The predicted molar refractivity (Wildman–Crippen MR) is 90.0 cm³/mol. The van der Waals surface area contributed by atoms with Crippen molar-refractivity contribution in [3.63, 3.8) is 0 Å². The van der Waals surface area contributed by atoms with Crippen molar-refractivity contribution in [1.82, 2.24) is 4.98 Å². The number of pyridine rings is 1. The van der Waals surface area contributed by atoms with Gasteiger partial charge in [0.2, 0.25) is 0 Å².